The molecule has 0 aliphatic heterocycles. The number of rotatable bonds is 4. The van der Waals surface area contributed by atoms with Gasteiger partial charge in [0.1, 0.15) is 15.7 Å². The molecule has 4 rings (SSSR count). The Hall–Kier alpha value is -2.43. The second-order valence-electron chi connectivity index (χ2n) is 6.91. The number of anilines is 1. The summed E-state index contributed by atoms with van der Waals surface area (Å²) in [5.74, 6) is 0.636. The van der Waals surface area contributed by atoms with Gasteiger partial charge in [-0.2, -0.15) is 5.26 Å². The van der Waals surface area contributed by atoms with Crippen molar-refractivity contribution >= 4 is 44.9 Å². The van der Waals surface area contributed by atoms with Crippen LogP contribution in [0.15, 0.2) is 29.3 Å². The molecule has 0 fully saturated rings. The first-order valence-corrected chi connectivity index (χ1v) is 11.0. The molecule has 5 nitrogen and oxygen atoms in total. The van der Waals surface area contributed by atoms with Crippen LogP contribution in [0.3, 0.4) is 0 Å². The minimum absolute atomic E-state index is 0.103. The van der Waals surface area contributed by atoms with E-state index in [2.05, 4.69) is 21.4 Å². The minimum Gasteiger partial charge on any atom is -0.325 e. The molecule has 0 spiro atoms. The summed E-state index contributed by atoms with van der Waals surface area (Å²) in [6, 6.07) is 9.04. The summed E-state index contributed by atoms with van der Waals surface area (Å²) in [5.41, 5.74) is 2.53. The molecule has 1 N–H and O–H groups in total. The molecule has 0 saturated carbocycles. The van der Waals surface area contributed by atoms with Crippen LogP contribution in [0.2, 0.25) is 0 Å². The van der Waals surface area contributed by atoms with Gasteiger partial charge >= 0.3 is 0 Å². The van der Waals surface area contributed by atoms with Crippen LogP contribution < -0.4 is 5.32 Å². The van der Waals surface area contributed by atoms with Crippen molar-refractivity contribution < 1.29 is 4.79 Å². The SMILES string of the molecule is Cc1nc(S[C@@H](C)C(=O)Nc2cccc(C#N)c2)c2c3c(sc2n1)CCCC3. The molecule has 2 aromatic heterocycles. The van der Waals surface area contributed by atoms with E-state index in [1.54, 1.807) is 35.6 Å². The molecule has 1 atom stereocenters. The standard InChI is InChI=1S/C21H20N4OS2/c1-12(19(26)25-15-7-5-6-14(10-15)11-22)27-20-18-16-8-3-4-9-17(16)28-21(18)24-13(2)23-20/h5-7,10,12H,3-4,8-9H2,1-2H3,(H,25,26)/t12-/m0/s1. The number of carbonyl (C=O) groups is 1. The molecule has 2 heterocycles. The monoisotopic (exact) mass is 408 g/mol. The molecule has 0 radical (unpaired) electrons. The maximum absolute atomic E-state index is 12.7. The van der Waals surface area contributed by atoms with Crippen LogP contribution in [0.5, 0.6) is 0 Å². The molecule has 28 heavy (non-hydrogen) atoms. The lowest BCUT2D eigenvalue weighted by Gasteiger charge is -2.14. The maximum atomic E-state index is 12.7. The van der Waals surface area contributed by atoms with Crippen LogP contribution in [-0.2, 0) is 17.6 Å². The summed E-state index contributed by atoms with van der Waals surface area (Å²) >= 11 is 3.26. The van der Waals surface area contributed by atoms with E-state index in [0.717, 1.165) is 33.9 Å². The van der Waals surface area contributed by atoms with E-state index in [1.165, 1.54) is 35.0 Å². The molecule has 0 saturated heterocycles. The second kappa shape index (κ2) is 7.90. The lowest BCUT2D eigenvalue weighted by molar-refractivity contribution is -0.115. The number of benzene rings is 1. The Kier molecular flexibility index (Phi) is 5.33. The summed E-state index contributed by atoms with van der Waals surface area (Å²) in [5, 5.41) is 13.6. The number of hydrogen-bond acceptors (Lipinski definition) is 6. The van der Waals surface area contributed by atoms with Gasteiger partial charge in [0, 0.05) is 16.0 Å². The Morgan fingerprint density at radius 3 is 2.96 bits per heavy atom. The summed E-state index contributed by atoms with van der Waals surface area (Å²) in [4.78, 5) is 24.5. The van der Waals surface area contributed by atoms with Gasteiger partial charge in [0.05, 0.1) is 16.9 Å². The van der Waals surface area contributed by atoms with E-state index >= 15 is 0 Å². The number of nitrogens with zero attached hydrogens (tertiary/aromatic N) is 3. The number of hydrogen-bond donors (Lipinski definition) is 1. The van der Waals surface area contributed by atoms with Gasteiger partial charge in [-0.1, -0.05) is 17.8 Å². The molecular formula is C21H20N4OS2. The van der Waals surface area contributed by atoms with Crippen molar-refractivity contribution in [2.45, 2.75) is 49.8 Å². The largest absolute Gasteiger partial charge is 0.325 e. The lowest BCUT2D eigenvalue weighted by atomic mass is 9.97. The summed E-state index contributed by atoms with van der Waals surface area (Å²) in [6.07, 6.45) is 4.61. The Morgan fingerprint density at radius 2 is 2.14 bits per heavy atom. The summed E-state index contributed by atoms with van der Waals surface area (Å²) < 4.78 is 0. The summed E-state index contributed by atoms with van der Waals surface area (Å²) in [6.45, 7) is 3.79. The van der Waals surface area contributed by atoms with Crippen LogP contribution in [0.25, 0.3) is 10.2 Å². The number of aromatic nitrogens is 2. The van der Waals surface area contributed by atoms with Crippen molar-refractivity contribution in [1.82, 2.24) is 9.97 Å². The average molecular weight is 409 g/mol. The van der Waals surface area contributed by atoms with Crippen molar-refractivity contribution in [3.8, 4) is 6.07 Å². The molecule has 1 aliphatic rings. The quantitative estimate of drug-likeness (QED) is 0.492. The Labute approximate surface area is 172 Å². The third kappa shape index (κ3) is 3.75. The number of carbonyl (C=O) groups excluding carboxylic acids is 1. The second-order valence-corrected chi connectivity index (χ2v) is 9.32. The zero-order chi connectivity index (χ0) is 19.7. The number of thiophene rings is 1. The number of thioether (sulfide) groups is 1. The number of nitriles is 1. The van der Waals surface area contributed by atoms with E-state index in [4.69, 9.17) is 5.26 Å². The van der Waals surface area contributed by atoms with Gasteiger partial charge in [-0.05, 0) is 63.3 Å². The molecule has 142 valence electrons. The molecule has 1 aromatic carbocycles. The van der Waals surface area contributed by atoms with E-state index < -0.39 is 0 Å². The predicted molar refractivity (Wildman–Crippen MR) is 114 cm³/mol. The van der Waals surface area contributed by atoms with Gasteiger partial charge in [0.15, 0.2) is 0 Å². The van der Waals surface area contributed by atoms with Crippen LogP contribution in [0, 0.1) is 18.3 Å². The van der Waals surface area contributed by atoms with Gasteiger partial charge in [-0.3, -0.25) is 4.79 Å². The highest BCUT2D eigenvalue weighted by atomic mass is 32.2. The fraction of sp³-hybridized carbons (Fsp3) is 0.333. The third-order valence-electron chi connectivity index (χ3n) is 4.81. The van der Waals surface area contributed by atoms with Crippen LogP contribution in [0.1, 0.15) is 41.6 Å². The van der Waals surface area contributed by atoms with E-state index in [9.17, 15) is 4.79 Å². The Bertz CT molecular complexity index is 1100. The topological polar surface area (TPSA) is 78.7 Å². The fourth-order valence-corrected chi connectivity index (χ4v) is 5.84. The van der Waals surface area contributed by atoms with Gasteiger partial charge in [0.25, 0.3) is 0 Å². The van der Waals surface area contributed by atoms with Crippen molar-refractivity contribution in [2.24, 2.45) is 0 Å². The molecule has 3 aromatic rings. The average Bonchev–Trinajstić information content (AvgIpc) is 3.06. The predicted octanol–water partition coefficient (Wildman–Crippen LogP) is 4.87. The van der Waals surface area contributed by atoms with Crippen molar-refractivity contribution in [2.75, 3.05) is 5.32 Å². The first-order valence-electron chi connectivity index (χ1n) is 9.31. The van der Waals surface area contributed by atoms with E-state index in [0.29, 0.717) is 11.3 Å². The molecule has 0 unspecified atom stereocenters. The Morgan fingerprint density at radius 1 is 1.32 bits per heavy atom. The van der Waals surface area contributed by atoms with E-state index in [-0.39, 0.29) is 11.2 Å². The number of aryl methyl sites for hydroxylation is 3. The number of amides is 1. The fourth-order valence-electron chi connectivity index (χ4n) is 3.44. The van der Waals surface area contributed by atoms with Crippen LogP contribution in [0.4, 0.5) is 5.69 Å². The Balaban J connectivity index is 1.59. The summed E-state index contributed by atoms with van der Waals surface area (Å²) in [7, 11) is 0. The molecule has 7 heteroatoms. The first kappa shape index (κ1) is 18.9. The normalized spacial score (nSPS) is 14.3. The lowest BCUT2D eigenvalue weighted by Crippen LogP contribution is -2.22. The maximum Gasteiger partial charge on any atom is 0.237 e. The van der Waals surface area contributed by atoms with Crippen LogP contribution >= 0.6 is 23.1 Å². The molecule has 1 aliphatic carbocycles. The van der Waals surface area contributed by atoms with Crippen molar-refractivity contribution in [3.05, 3.63) is 46.1 Å². The highest BCUT2D eigenvalue weighted by molar-refractivity contribution is 8.00. The molecule has 0 bridgehead atoms. The van der Waals surface area contributed by atoms with Gasteiger partial charge in [-0.15, -0.1) is 11.3 Å². The van der Waals surface area contributed by atoms with Gasteiger partial charge in [-0.25, -0.2) is 9.97 Å². The zero-order valence-electron chi connectivity index (χ0n) is 15.8. The van der Waals surface area contributed by atoms with Crippen LogP contribution in [-0.4, -0.2) is 21.1 Å². The highest BCUT2D eigenvalue weighted by Gasteiger charge is 2.23. The smallest absolute Gasteiger partial charge is 0.237 e. The van der Waals surface area contributed by atoms with Gasteiger partial charge in [0.2, 0.25) is 5.91 Å². The van der Waals surface area contributed by atoms with Gasteiger partial charge < -0.3 is 5.32 Å². The van der Waals surface area contributed by atoms with Crippen molar-refractivity contribution in [1.29, 1.82) is 5.26 Å². The third-order valence-corrected chi connectivity index (χ3v) is 7.08. The molecular weight excluding hydrogens is 388 g/mol. The number of fused-ring (bicyclic) bond motifs is 3. The van der Waals surface area contributed by atoms with Crippen molar-refractivity contribution in [3.63, 3.8) is 0 Å². The van der Waals surface area contributed by atoms with E-state index in [1.807, 2.05) is 13.8 Å². The molecule has 1 amide bonds. The highest BCUT2D eigenvalue weighted by Crippen LogP contribution is 2.40. The number of nitrogens with one attached hydrogen (secondary N) is 1. The zero-order valence-corrected chi connectivity index (χ0v) is 17.4. The first-order chi connectivity index (χ1) is 13.5. The minimum atomic E-state index is -0.317.